The molecule has 0 aliphatic carbocycles. The molecule has 1 heterocycles. The van der Waals surface area contributed by atoms with Crippen molar-refractivity contribution in [3.63, 3.8) is 0 Å². The van der Waals surface area contributed by atoms with Crippen LogP contribution in [0.4, 0.5) is 5.69 Å². The predicted octanol–water partition coefficient (Wildman–Crippen LogP) is 4.11. The molecule has 0 aliphatic heterocycles. The topological polar surface area (TPSA) is 40.5 Å². The van der Waals surface area contributed by atoms with Crippen LogP contribution in [0.2, 0.25) is 5.02 Å². The van der Waals surface area contributed by atoms with E-state index in [1.165, 1.54) is 9.75 Å². The van der Waals surface area contributed by atoms with Crippen molar-refractivity contribution in [1.29, 1.82) is 0 Å². The van der Waals surface area contributed by atoms with Gasteiger partial charge in [-0.3, -0.25) is 4.79 Å². The average molecular weight is 310 g/mol. The first kappa shape index (κ1) is 14.9. The van der Waals surface area contributed by atoms with E-state index in [1.54, 1.807) is 23.5 Å². The van der Waals surface area contributed by atoms with Crippen molar-refractivity contribution >= 4 is 34.6 Å². The van der Waals surface area contributed by atoms with Crippen LogP contribution in [0, 0.1) is 13.8 Å². The van der Waals surface area contributed by atoms with E-state index in [0.717, 1.165) is 11.3 Å². The molecular weight excluding hydrogens is 294 g/mol. The van der Waals surface area contributed by atoms with Crippen molar-refractivity contribution < 1.29 is 9.90 Å². The first-order chi connectivity index (χ1) is 9.45. The van der Waals surface area contributed by atoms with Gasteiger partial charge in [0.05, 0.1) is 0 Å². The van der Waals surface area contributed by atoms with Crippen LogP contribution in [-0.2, 0) is 11.3 Å². The fourth-order valence-corrected chi connectivity index (χ4v) is 3.24. The van der Waals surface area contributed by atoms with Crippen LogP contribution < -0.4 is 4.90 Å². The highest BCUT2D eigenvalue weighted by atomic mass is 35.5. The van der Waals surface area contributed by atoms with Crippen molar-refractivity contribution in [2.24, 2.45) is 0 Å². The molecule has 1 aromatic heterocycles. The highest BCUT2D eigenvalue weighted by molar-refractivity contribution is 7.12. The Morgan fingerprint density at radius 2 is 2.10 bits per heavy atom. The zero-order valence-electron chi connectivity index (χ0n) is 11.4. The van der Waals surface area contributed by atoms with E-state index in [4.69, 9.17) is 16.7 Å². The van der Waals surface area contributed by atoms with Gasteiger partial charge < -0.3 is 10.0 Å². The van der Waals surface area contributed by atoms with Gasteiger partial charge in [0.1, 0.15) is 6.54 Å². The summed E-state index contributed by atoms with van der Waals surface area (Å²) in [6.07, 6.45) is 0. The van der Waals surface area contributed by atoms with Gasteiger partial charge in [0.15, 0.2) is 0 Å². The van der Waals surface area contributed by atoms with E-state index in [9.17, 15) is 4.79 Å². The van der Waals surface area contributed by atoms with Crippen LogP contribution in [0.1, 0.15) is 15.3 Å². The van der Waals surface area contributed by atoms with Crippen LogP contribution >= 0.6 is 22.9 Å². The Labute approximate surface area is 127 Å². The monoisotopic (exact) mass is 309 g/mol. The molecule has 0 saturated carbocycles. The zero-order valence-corrected chi connectivity index (χ0v) is 13.0. The van der Waals surface area contributed by atoms with Gasteiger partial charge in [-0.05, 0) is 43.7 Å². The molecule has 0 fully saturated rings. The van der Waals surface area contributed by atoms with Gasteiger partial charge in [-0.15, -0.1) is 11.3 Å². The highest BCUT2D eigenvalue weighted by Crippen LogP contribution is 2.26. The average Bonchev–Trinajstić information content (AvgIpc) is 2.66. The summed E-state index contributed by atoms with van der Waals surface area (Å²) < 4.78 is 0. The Morgan fingerprint density at radius 1 is 1.35 bits per heavy atom. The number of hydrogen-bond acceptors (Lipinski definition) is 3. The normalized spacial score (nSPS) is 10.6. The minimum Gasteiger partial charge on any atom is -0.480 e. The van der Waals surface area contributed by atoms with Crippen LogP contribution in [0.3, 0.4) is 0 Å². The Bertz CT molecular complexity index is 624. The number of carbonyl (C=O) groups is 1. The number of aliphatic carboxylic acids is 1. The van der Waals surface area contributed by atoms with Crippen molar-refractivity contribution in [3.8, 4) is 0 Å². The number of aryl methyl sites for hydroxylation is 2. The van der Waals surface area contributed by atoms with Crippen molar-refractivity contribution in [2.75, 3.05) is 11.4 Å². The molecule has 106 valence electrons. The highest BCUT2D eigenvalue weighted by Gasteiger charge is 2.14. The Balaban J connectivity index is 2.28. The molecule has 0 unspecified atom stereocenters. The molecule has 20 heavy (non-hydrogen) atoms. The number of carboxylic acids is 1. The van der Waals surface area contributed by atoms with E-state index in [0.29, 0.717) is 11.6 Å². The van der Waals surface area contributed by atoms with Crippen molar-refractivity contribution in [2.45, 2.75) is 20.4 Å². The lowest BCUT2D eigenvalue weighted by molar-refractivity contribution is -0.135. The number of anilines is 1. The number of carboxylic acid groups (broad SMARTS) is 1. The van der Waals surface area contributed by atoms with Gasteiger partial charge in [0.25, 0.3) is 0 Å². The van der Waals surface area contributed by atoms with E-state index < -0.39 is 5.97 Å². The summed E-state index contributed by atoms with van der Waals surface area (Å²) in [7, 11) is 0. The maximum absolute atomic E-state index is 11.1. The summed E-state index contributed by atoms with van der Waals surface area (Å²) in [5.74, 6) is -0.852. The molecule has 0 radical (unpaired) electrons. The number of hydrogen-bond donors (Lipinski definition) is 1. The van der Waals surface area contributed by atoms with Gasteiger partial charge in [-0.1, -0.05) is 17.7 Å². The molecule has 0 atom stereocenters. The molecule has 0 amide bonds. The molecule has 5 heteroatoms. The second-order valence-corrected chi connectivity index (χ2v) is 6.57. The Kier molecular flexibility index (Phi) is 4.68. The van der Waals surface area contributed by atoms with Crippen molar-refractivity contribution in [1.82, 2.24) is 0 Å². The predicted molar refractivity (Wildman–Crippen MR) is 83.9 cm³/mol. The van der Waals surface area contributed by atoms with Crippen LogP contribution in [0.25, 0.3) is 0 Å². The summed E-state index contributed by atoms with van der Waals surface area (Å²) in [5, 5.41) is 9.70. The third-order valence-corrected chi connectivity index (χ3v) is 4.25. The zero-order chi connectivity index (χ0) is 14.7. The van der Waals surface area contributed by atoms with E-state index in [-0.39, 0.29) is 6.54 Å². The smallest absolute Gasteiger partial charge is 0.323 e. The summed E-state index contributed by atoms with van der Waals surface area (Å²) in [5.41, 5.74) is 1.98. The maximum Gasteiger partial charge on any atom is 0.323 e. The van der Waals surface area contributed by atoms with Gasteiger partial charge in [0.2, 0.25) is 0 Å². The lowest BCUT2D eigenvalue weighted by Gasteiger charge is -2.23. The SMILES string of the molecule is Cc1cc(CN(CC(=O)O)c2cccc(Cl)c2)c(C)s1. The second-order valence-electron chi connectivity index (χ2n) is 4.67. The van der Waals surface area contributed by atoms with Gasteiger partial charge >= 0.3 is 5.97 Å². The number of benzene rings is 1. The number of rotatable bonds is 5. The summed E-state index contributed by atoms with van der Waals surface area (Å²) in [6.45, 7) is 4.64. The standard InChI is InChI=1S/C15H16ClNO2S/c1-10-6-12(11(2)20-10)8-17(9-15(18)19)14-5-3-4-13(16)7-14/h3-7H,8-9H2,1-2H3,(H,18,19). The molecule has 1 N–H and O–H groups in total. The summed E-state index contributed by atoms with van der Waals surface area (Å²) in [4.78, 5) is 15.4. The first-order valence-electron chi connectivity index (χ1n) is 6.24. The lowest BCUT2D eigenvalue weighted by atomic mass is 10.2. The molecular formula is C15H16ClNO2S. The number of thiophene rings is 1. The van der Waals surface area contributed by atoms with E-state index >= 15 is 0 Å². The summed E-state index contributed by atoms with van der Waals surface area (Å²) >= 11 is 7.72. The molecule has 0 saturated heterocycles. The minimum absolute atomic E-state index is 0.0469. The van der Waals surface area contributed by atoms with Crippen LogP contribution in [0.5, 0.6) is 0 Å². The molecule has 0 bridgehead atoms. The third kappa shape index (κ3) is 3.74. The van der Waals surface area contributed by atoms with Crippen LogP contribution in [-0.4, -0.2) is 17.6 Å². The molecule has 0 aliphatic rings. The Morgan fingerprint density at radius 3 is 2.65 bits per heavy atom. The fourth-order valence-electron chi connectivity index (χ4n) is 2.12. The molecule has 3 nitrogen and oxygen atoms in total. The third-order valence-electron chi connectivity index (χ3n) is 3.00. The number of halogens is 1. The maximum atomic E-state index is 11.1. The summed E-state index contributed by atoms with van der Waals surface area (Å²) in [6, 6.07) is 9.39. The molecule has 0 spiro atoms. The van der Waals surface area contributed by atoms with Gasteiger partial charge in [-0.25, -0.2) is 0 Å². The van der Waals surface area contributed by atoms with Crippen molar-refractivity contribution in [3.05, 3.63) is 50.7 Å². The van der Waals surface area contributed by atoms with E-state index in [2.05, 4.69) is 19.9 Å². The number of nitrogens with zero attached hydrogens (tertiary/aromatic N) is 1. The fraction of sp³-hybridized carbons (Fsp3) is 0.267. The molecule has 1 aromatic carbocycles. The quantitative estimate of drug-likeness (QED) is 0.903. The second kappa shape index (κ2) is 6.29. The van der Waals surface area contributed by atoms with E-state index in [1.807, 2.05) is 17.0 Å². The van der Waals surface area contributed by atoms with Gasteiger partial charge in [0, 0.05) is 27.0 Å². The molecule has 2 rings (SSSR count). The van der Waals surface area contributed by atoms with Gasteiger partial charge in [-0.2, -0.15) is 0 Å². The Hall–Kier alpha value is -1.52. The lowest BCUT2D eigenvalue weighted by Crippen LogP contribution is -2.29. The molecule has 2 aromatic rings. The largest absolute Gasteiger partial charge is 0.480 e. The minimum atomic E-state index is -0.852. The van der Waals surface area contributed by atoms with Crippen LogP contribution in [0.15, 0.2) is 30.3 Å². The first-order valence-corrected chi connectivity index (χ1v) is 7.43.